The van der Waals surface area contributed by atoms with Gasteiger partial charge in [0.25, 0.3) is 0 Å². The number of nitrogens with zero attached hydrogens (tertiary/aromatic N) is 1. The fraction of sp³-hybridized carbons (Fsp3) is 0.409. The number of aryl methyl sites for hydroxylation is 2. The van der Waals surface area contributed by atoms with Crippen molar-refractivity contribution in [1.82, 2.24) is 4.90 Å². The molecule has 2 aromatic carbocycles. The SMILES string of the molecule is CCc1cccc(C)c1NC(=O)[C@@H]1CCCN(Cc2ccc(F)cc2)C1. The first-order valence-corrected chi connectivity index (χ1v) is 9.43. The van der Waals surface area contributed by atoms with Crippen molar-refractivity contribution in [2.45, 2.75) is 39.7 Å². The molecule has 1 saturated heterocycles. The number of nitrogens with one attached hydrogen (secondary N) is 1. The first-order valence-electron chi connectivity index (χ1n) is 9.43. The molecular weight excluding hydrogens is 327 g/mol. The van der Waals surface area contributed by atoms with E-state index >= 15 is 0 Å². The van der Waals surface area contributed by atoms with E-state index in [4.69, 9.17) is 0 Å². The molecule has 0 spiro atoms. The first-order chi connectivity index (χ1) is 12.6. The quantitative estimate of drug-likeness (QED) is 0.854. The largest absolute Gasteiger partial charge is 0.325 e. The topological polar surface area (TPSA) is 32.3 Å². The van der Waals surface area contributed by atoms with Crippen molar-refractivity contribution in [3.63, 3.8) is 0 Å². The van der Waals surface area contributed by atoms with Crippen LogP contribution >= 0.6 is 0 Å². The smallest absolute Gasteiger partial charge is 0.228 e. The zero-order valence-corrected chi connectivity index (χ0v) is 15.6. The van der Waals surface area contributed by atoms with Crippen LogP contribution in [0.25, 0.3) is 0 Å². The Morgan fingerprint density at radius 1 is 1.23 bits per heavy atom. The van der Waals surface area contributed by atoms with Crippen LogP contribution in [-0.4, -0.2) is 23.9 Å². The summed E-state index contributed by atoms with van der Waals surface area (Å²) in [6, 6.07) is 12.8. The molecule has 1 aliphatic rings. The van der Waals surface area contributed by atoms with Gasteiger partial charge in [0.05, 0.1) is 5.92 Å². The standard InChI is InChI=1S/C22H27FN2O/c1-3-18-7-4-6-16(2)21(18)24-22(26)19-8-5-13-25(15-19)14-17-9-11-20(23)12-10-17/h4,6-7,9-12,19H,3,5,8,13-15H2,1-2H3,(H,24,26)/t19-/m1/s1. The Morgan fingerprint density at radius 2 is 2.00 bits per heavy atom. The molecule has 0 saturated carbocycles. The maximum absolute atomic E-state index is 13.1. The van der Waals surface area contributed by atoms with Crippen molar-refractivity contribution >= 4 is 11.6 Å². The van der Waals surface area contributed by atoms with Gasteiger partial charge in [-0.3, -0.25) is 9.69 Å². The minimum absolute atomic E-state index is 0.00601. The van der Waals surface area contributed by atoms with E-state index in [1.807, 2.05) is 31.2 Å². The number of likely N-dealkylation sites (tertiary alicyclic amines) is 1. The lowest BCUT2D eigenvalue weighted by atomic mass is 9.96. The summed E-state index contributed by atoms with van der Waals surface area (Å²) in [6.45, 7) is 6.63. The fourth-order valence-electron chi connectivity index (χ4n) is 3.69. The summed E-state index contributed by atoms with van der Waals surface area (Å²) in [4.78, 5) is 15.1. The van der Waals surface area contributed by atoms with Gasteiger partial charge >= 0.3 is 0 Å². The van der Waals surface area contributed by atoms with E-state index in [1.54, 1.807) is 0 Å². The predicted molar refractivity (Wildman–Crippen MR) is 104 cm³/mol. The molecule has 1 N–H and O–H groups in total. The normalized spacial score (nSPS) is 17.9. The summed E-state index contributed by atoms with van der Waals surface area (Å²) in [5.41, 5.74) is 4.34. The average Bonchev–Trinajstić information content (AvgIpc) is 2.65. The van der Waals surface area contributed by atoms with Crippen LogP contribution < -0.4 is 5.32 Å². The summed E-state index contributed by atoms with van der Waals surface area (Å²) >= 11 is 0. The van der Waals surface area contributed by atoms with Crippen LogP contribution in [0.1, 0.15) is 36.5 Å². The van der Waals surface area contributed by atoms with E-state index in [-0.39, 0.29) is 17.6 Å². The third-order valence-corrected chi connectivity index (χ3v) is 5.18. The van der Waals surface area contributed by atoms with Crippen molar-refractivity contribution in [1.29, 1.82) is 0 Å². The summed E-state index contributed by atoms with van der Waals surface area (Å²) in [5.74, 6) is -0.110. The summed E-state index contributed by atoms with van der Waals surface area (Å²) < 4.78 is 13.1. The second kappa shape index (κ2) is 8.45. The van der Waals surface area contributed by atoms with Crippen LogP contribution in [0.3, 0.4) is 0 Å². The van der Waals surface area contributed by atoms with Crippen LogP contribution in [0.15, 0.2) is 42.5 Å². The molecule has 0 aliphatic carbocycles. The lowest BCUT2D eigenvalue weighted by molar-refractivity contribution is -0.121. The molecular formula is C22H27FN2O. The van der Waals surface area contributed by atoms with Gasteiger partial charge in [0.15, 0.2) is 0 Å². The van der Waals surface area contributed by atoms with Crippen LogP contribution in [0.4, 0.5) is 10.1 Å². The number of amides is 1. The lowest BCUT2D eigenvalue weighted by Crippen LogP contribution is -2.40. The fourth-order valence-corrected chi connectivity index (χ4v) is 3.69. The summed E-state index contributed by atoms with van der Waals surface area (Å²) in [6.07, 6.45) is 2.82. The number of carbonyl (C=O) groups is 1. The van der Waals surface area contributed by atoms with Gasteiger partial charge in [0.1, 0.15) is 5.82 Å². The molecule has 138 valence electrons. The Morgan fingerprint density at radius 3 is 2.73 bits per heavy atom. The van der Waals surface area contributed by atoms with Gasteiger partial charge in [-0.15, -0.1) is 0 Å². The van der Waals surface area contributed by atoms with Gasteiger partial charge in [0, 0.05) is 18.8 Å². The molecule has 0 unspecified atom stereocenters. The van der Waals surface area contributed by atoms with Crippen LogP contribution in [0.2, 0.25) is 0 Å². The second-order valence-corrected chi connectivity index (χ2v) is 7.15. The maximum Gasteiger partial charge on any atom is 0.228 e. The molecule has 1 fully saturated rings. The molecule has 1 heterocycles. The number of para-hydroxylation sites is 1. The van der Waals surface area contributed by atoms with Gasteiger partial charge < -0.3 is 5.32 Å². The second-order valence-electron chi connectivity index (χ2n) is 7.15. The van der Waals surface area contributed by atoms with Gasteiger partial charge in [-0.25, -0.2) is 4.39 Å². The van der Waals surface area contributed by atoms with E-state index in [9.17, 15) is 9.18 Å². The maximum atomic E-state index is 13.1. The van der Waals surface area contributed by atoms with Gasteiger partial charge in [0.2, 0.25) is 5.91 Å². The van der Waals surface area contributed by atoms with Crippen molar-refractivity contribution < 1.29 is 9.18 Å². The molecule has 2 aromatic rings. The van der Waals surface area contributed by atoms with E-state index in [0.29, 0.717) is 0 Å². The Kier molecular flexibility index (Phi) is 6.04. The highest BCUT2D eigenvalue weighted by Gasteiger charge is 2.26. The molecule has 1 atom stereocenters. The number of hydrogen-bond acceptors (Lipinski definition) is 2. The number of hydrogen-bond donors (Lipinski definition) is 1. The van der Waals surface area contributed by atoms with Crippen molar-refractivity contribution in [2.24, 2.45) is 5.92 Å². The molecule has 1 amide bonds. The first kappa shape index (κ1) is 18.6. The molecule has 4 heteroatoms. The van der Waals surface area contributed by atoms with Crippen molar-refractivity contribution in [3.05, 3.63) is 65.0 Å². The number of benzene rings is 2. The van der Waals surface area contributed by atoms with Gasteiger partial charge in [-0.05, 0) is 61.6 Å². The highest BCUT2D eigenvalue weighted by molar-refractivity contribution is 5.94. The molecule has 1 aliphatic heterocycles. The zero-order valence-electron chi connectivity index (χ0n) is 15.6. The molecule has 0 radical (unpaired) electrons. The highest BCUT2D eigenvalue weighted by Crippen LogP contribution is 2.24. The number of halogens is 1. The minimum Gasteiger partial charge on any atom is -0.325 e. The molecule has 26 heavy (non-hydrogen) atoms. The monoisotopic (exact) mass is 354 g/mol. The molecule has 0 aromatic heterocycles. The number of rotatable bonds is 5. The predicted octanol–water partition coefficient (Wildman–Crippen LogP) is 4.55. The summed E-state index contributed by atoms with van der Waals surface area (Å²) in [7, 11) is 0. The molecule has 0 bridgehead atoms. The Bertz CT molecular complexity index is 757. The third kappa shape index (κ3) is 4.50. The van der Waals surface area contributed by atoms with Crippen LogP contribution in [-0.2, 0) is 17.8 Å². The van der Waals surface area contributed by atoms with Crippen molar-refractivity contribution in [3.8, 4) is 0 Å². The average molecular weight is 354 g/mol. The van der Waals surface area contributed by atoms with E-state index in [1.165, 1.54) is 17.7 Å². The van der Waals surface area contributed by atoms with Crippen LogP contribution in [0, 0.1) is 18.7 Å². The molecule has 3 nitrogen and oxygen atoms in total. The van der Waals surface area contributed by atoms with E-state index in [2.05, 4.69) is 23.2 Å². The van der Waals surface area contributed by atoms with Crippen molar-refractivity contribution in [2.75, 3.05) is 18.4 Å². The van der Waals surface area contributed by atoms with Gasteiger partial charge in [-0.1, -0.05) is 37.3 Å². The van der Waals surface area contributed by atoms with E-state index < -0.39 is 0 Å². The third-order valence-electron chi connectivity index (χ3n) is 5.18. The van der Waals surface area contributed by atoms with Gasteiger partial charge in [-0.2, -0.15) is 0 Å². The lowest BCUT2D eigenvalue weighted by Gasteiger charge is -2.32. The minimum atomic E-state index is -0.213. The number of piperidine rings is 1. The summed E-state index contributed by atoms with van der Waals surface area (Å²) in [5, 5.41) is 3.18. The van der Waals surface area contributed by atoms with Crippen LogP contribution in [0.5, 0.6) is 0 Å². The molecule has 3 rings (SSSR count). The number of anilines is 1. The number of carbonyl (C=O) groups excluding carboxylic acids is 1. The van der Waals surface area contributed by atoms with E-state index in [0.717, 1.165) is 55.7 Å². The zero-order chi connectivity index (χ0) is 18.5. The Balaban J connectivity index is 1.64. The highest BCUT2D eigenvalue weighted by atomic mass is 19.1. The Labute approximate surface area is 155 Å². The Hall–Kier alpha value is -2.20.